The largest absolute Gasteiger partial charge is 0.472 e. The SMILES string of the molecule is CC/C=C\C/C=C\C/C=C\C/C=C\C/C=C\CCCC(=O)OC(COC(=O)CCCCCCC/C=C\CCCCCCCC)COP(=O)(O)OCC(CO)OC(=O)CCCCCCC/C=C\C/C=C\C/C=C\CC. The fourth-order valence-corrected chi connectivity index (χ4v) is 8.12. The van der Waals surface area contributed by atoms with Crippen LogP contribution in [0.3, 0.4) is 0 Å². The van der Waals surface area contributed by atoms with E-state index in [-0.39, 0.29) is 25.9 Å². The Hall–Kier alpha value is -3.86. The van der Waals surface area contributed by atoms with Gasteiger partial charge in [0.15, 0.2) is 6.10 Å². The van der Waals surface area contributed by atoms with E-state index in [2.05, 4.69) is 118 Å². The summed E-state index contributed by atoms with van der Waals surface area (Å²) in [7, 11) is -4.78. The first kappa shape index (κ1) is 70.1. The second kappa shape index (κ2) is 55.4. The Bertz CT molecular complexity index is 1660. The number of phosphoric ester groups is 1. The standard InChI is InChI=1S/C62H103O11P/c1-4-7-10-13-16-19-22-25-28-29-32-35-38-41-44-47-50-53-62(66)73-59(55-69-60(64)51-48-45-42-39-36-33-30-26-23-20-17-14-11-8-5-2)57-71-74(67,68)70-56-58(54-63)72-61(65)52-49-46-43-40-37-34-31-27-24-21-18-15-12-9-6-3/h7,9-10,12,16,18-19,21,25-28,30-32,35,41,44,58-59,63H,4-6,8,11,13-15,17,20,22-24,29,33-34,36-40,42-43,45-57H2,1-3H3,(H,67,68)/b10-7-,12-9-,19-16-,21-18-,28-25-,30-26-,31-27-,35-32-,44-41-. The van der Waals surface area contributed by atoms with E-state index >= 15 is 0 Å². The van der Waals surface area contributed by atoms with Gasteiger partial charge in [-0.25, -0.2) is 4.57 Å². The zero-order valence-electron chi connectivity index (χ0n) is 46.5. The summed E-state index contributed by atoms with van der Waals surface area (Å²) in [5.74, 6) is -1.57. The normalized spacial score (nSPS) is 14.2. The van der Waals surface area contributed by atoms with Gasteiger partial charge in [0.25, 0.3) is 0 Å². The molecule has 0 heterocycles. The summed E-state index contributed by atoms with van der Waals surface area (Å²) < 4.78 is 39.4. The number of hydrogen-bond acceptors (Lipinski definition) is 10. The van der Waals surface area contributed by atoms with Gasteiger partial charge in [-0.05, 0) is 116 Å². The lowest BCUT2D eigenvalue weighted by Crippen LogP contribution is -2.30. The number of phosphoric acid groups is 1. The predicted octanol–water partition coefficient (Wildman–Crippen LogP) is 17.0. The lowest BCUT2D eigenvalue weighted by atomic mass is 10.1. The van der Waals surface area contributed by atoms with Crippen LogP contribution in [0.15, 0.2) is 109 Å². The zero-order chi connectivity index (χ0) is 54.1. The van der Waals surface area contributed by atoms with E-state index in [9.17, 15) is 28.9 Å². The highest BCUT2D eigenvalue weighted by Gasteiger charge is 2.28. The highest BCUT2D eigenvalue weighted by Crippen LogP contribution is 2.43. The van der Waals surface area contributed by atoms with Crippen molar-refractivity contribution in [3.8, 4) is 0 Å². The molecule has 12 heteroatoms. The molecule has 0 aliphatic carbocycles. The molecule has 0 aromatic rings. The van der Waals surface area contributed by atoms with Crippen molar-refractivity contribution in [3.63, 3.8) is 0 Å². The molecule has 3 unspecified atom stereocenters. The van der Waals surface area contributed by atoms with Crippen molar-refractivity contribution >= 4 is 25.7 Å². The molecular weight excluding hydrogens is 952 g/mol. The number of aliphatic hydroxyl groups excluding tert-OH is 1. The van der Waals surface area contributed by atoms with Gasteiger partial charge in [-0.3, -0.25) is 23.4 Å². The van der Waals surface area contributed by atoms with Gasteiger partial charge in [-0.2, -0.15) is 0 Å². The van der Waals surface area contributed by atoms with Crippen LogP contribution in [0.5, 0.6) is 0 Å². The van der Waals surface area contributed by atoms with Gasteiger partial charge < -0.3 is 24.2 Å². The number of allylic oxidation sites excluding steroid dienone is 18. The maximum atomic E-state index is 12.9. The average molecular weight is 1060 g/mol. The minimum absolute atomic E-state index is 0.0816. The highest BCUT2D eigenvalue weighted by molar-refractivity contribution is 7.47. The van der Waals surface area contributed by atoms with Gasteiger partial charge in [0, 0.05) is 19.3 Å². The van der Waals surface area contributed by atoms with Gasteiger partial charge >= 0.3 is 25.7 Å². The van der Waals surface area contributed by atoms with E-state index in [0.717, 1.165) is 122 Å². The van der Waals surface area contributed by atoms with E-state index in [1.165, 1.54) is 38.5 Å². The monoisotopic (exact) mass is 1050 g/mol. The van der Waals surface area contributed by atoms with Crippen molar-refractivity contribution in [3.05, 3.63) is 109 Å². The summed E-state index contributed by atoms with van der Waals surface area (Å²) in [6.45, 7) is 4.31. The number of aliphatic hydroxyl groups is 1. The number of ether oxygens (including phenoxy) is 3. The molecule has 0 bridgehead atoms. The minimum atomic E-state index is -4.78. The van der Waals surface area contributed by atoms with Crippen molar-refractivity contribution in [2.24, 2.45) is 0 Å². The third kappa shape index (κ3) is 53.0. The molecule has 3 atom stereocenters. The molecular formula is C62H103O11P. The molecule has 74 heavy (non-hydrogen) atoms. The van der Waals surface area contributed by atoms with Crippen LogP contribution in [0.1, 0.15) is 226 Å². The van der Waals surface area contributed by atoms with Crippen LogP contribution in [-0.4, -0.2) is 66.5 Å². The molecule has 0 saturated carbocycles. The van der Waals surface area contributed by atoms with Crippen LogP contribution in [0.25, 0.3) is 0 Å². The molecule has 0 aromatic carbocycles. The molecule has 0 aliphatic heterocycles. The van der Waals surface area contributed by atoms with E-state index < -0.39 is 57.8 Å². The summed E-state index contributed by atoms with van der Waals surface area (Å²) >= 11 is 0. The first-order chi connectivity index (χ1) is 36.2. The molecule has 11 nitrogen and oxygen atoms in total. The number of rotatable bonds is 52. The summed E-state index contributed by atoms with van der Waals surface area (Å²) in [5, 5.41) is 9.81. The molecule has 0 rings (SSSR count). The molecule has 0 saturated heterocycles. The van der Waals surface area contributed by atoms with Crippen LogP contribution < -0.4 is 0 Å². The molecule has 0 amide bonds. The molecule has 0 spiro atoms. The number of hydrogen-bond donors (Lipinski definition) is 2. The number of unbranched alkanes of at least 4 members (excludes halogenated alkanes) is 17. The second-order valence-corrected chi connectivity index (χ2v) is 20.1. The van der Waals surface area contributed by atoms with Crippen LogP contribution in [0.2, 0.25) is 0 Å². The topological polar surface area (TPSA) is 155 Å². The maximum absolute atomic E-state index is 12.9. The van der Waals surface area contributed by atoms with Crippen molar-refractivity contribution in [1.29, 1.82) is 0 Å². The highest BCUT2D eigenvalue weighted by atomic mass is 31.2. The van der Waals surface area contributed by atoms with Gasteiger partial charge in [-0.1, -0.05) is 201 Å². The third-order valence-corrected chi connectivity index (χ3v) is 12.6. The summed E-state index contributed by atoms with van der Waals surface area (Å²) in [6, 6.07) is 0. The molecule has 422 valence electrons. The van der Waals surface area contributed by atoms with Gasteiger partial charge in [0.2, 0.25) is 0 Å². The number of carbonyl (C=O) groups excluding carboxylic acids is 3. The Kier molecular flexibility index (Phi) is 52.5. The summed E-state index contributed by atoms with van der Waals surface area (Å²) in [4.78, 5) is 48.5. The van der Waals surface area contributed by atoms with E-state index in [0.29, 0.717) is 25.7 Å². The fraction of sp³-hybridized carbons (Fsp3) is 0.661. The van der Waals surface area contributed by atoms with Crippen LogP contribution in [-0.2, 0) is 42.2 Å². The smallest absolute Gasteiger partial charge is 0.462 e. The molecule has 0 aromatic heterocycles. The second-order valence-electron chi connectivity index (χ2n) is 18.7. The van der Waals surface area contributed by atoms with Gasteiger partial charge in [0.05, 0.1) is 19.8 Å². The Morgan fingerprint density at radius 3 is 1.15 bits per heavy atom. The van der Waals surface area contributed by atoms with Gasteiger partial charge in [-0.15, -0.1) is 0 Å². The lowest BCUT2D eigenvalue weighted by Gasteiger charge is -2.21. The lowest BCUT2D eigenvalue weighted by molar-refractivity contribution is -0.161. The van der Waals surface area contributed by atoms with Crippen LogP contribution in [0.4, 0.5) is 0 Å². The number of carbonyl (C=O) groups is 3. The summed E-state index contributed by atoms with van der Waals surface area (Å²) in [5.41, 5.74) is 0. The molecule has 0 radical (unpaired) electrons. The third-order valence-electron chi connectivity index (χ3n) is 11.7. The molecule has 2 N–H and O–H groups in total. The van der Waals surface area contributed by atoms with Crippen molar-refractivity contribution < 1.29 is 52.2 Å². The first-order valence-electron chi connectivity index (χ1n) is 28.8. The van der Waals surface area contributed by atoms with Crippen molar-refractivity contribution in [2.45, 2.75) is 238 Å². The molecule has 0 fully saturated rings. The van der Waals surface area contributed by atoms with E-state index in [1.807, 2.05) is 12.2 Å². The van der Waals surface area contributed by atoms with E-state index in [1.54, 1.807) is 0 Å². The van der Waals surface area contributed by atoms with E-state index in [4.69, 9.17) is 23.3 Å². The van der Waals surface area contributed by atoms with Crippen molar-refractivity contribution in [2.75, 3.05) is 26.4 Å². The van der Waals surface area contributed by atoms with Gasteiger partial charge in [0.1, 0.15) is 12.7 Å². The predicted molar refractivity (Wildman–Crippen MR) is 307 cm³/mol. The Labute approximate surface area is 450 Å². The van der Waals surface area contributed by atoms with Crippen LogP contribution in [0, 0.1) is 0 Å². The maximum Gasteiger partial charge on any atom is 0.472 e. The minimum Gasteiger partial charge on any atom is -0.462 e. The quantitative estimate of drug-likeness (QED) is 0.0197. The Morgan fingerprint density at radius 1 is 0.392 bits per heavy atom. The Morgan fingerprint density at radius 2 is 0.716 bits per heavy atom. The number of esters is 3. The molecule has 0 aliphatic rings. The zero-order valence-corrected chi connectivity index (χ0v) is 47.4. The summed E-state index contributed by atoms with van der Waals surface area (Å²) in [6.07, 6.45) is 66.2. The fourth-order valence-electron chi connectivity index (χ4n) is 7.34. The van der Waals surface area contributed by atoms with Crippen LogP contribution >= 0.6 is 7.82 Å². The first-order valence-corrected chi connectivity index (χ1v) is 30.3. The average Bonchev–Trinajstić information content (AvgIpc) is 3.39. The Balaban J connectivity index is 4.85. The van der Waals surface area contributed by atoms with Crippen molar-refractivity contribution in [1.82, 2.24) is 0 Å².